The Morgan fingerprint density at radius 3 is 2.79 bits per heavy atom. The Balaban J connectivity index is 1.92. The minimum absolute atomic E-state index is 0.0736. The fraction of sp³-hybridized carbons (Fsp3) is 0.0625. The molecule has 0 saturated heterocycles. The van der Waals surface area contributed by atoms with Crippen LogP contribution in [0, 0.1) is 5.82 Å². The van der Waals surface area contributed by atoms with Gasteiger partial charge in [-0.15, -0.1) is 0 Å². The van der Waals surface area contributed by atoms with Gasteiger partial charge in [0.2, 0.25) is 0 Å². The standard InChI is InChI=1S/C16H11FO2/c17-12-5-3-4-11(8-12)9-15(18)14-10-19-16-7-2-1-6-13(14)16/h1-8,10H,9H2. The molecule has 0 spiro atoms. The summed E-state index contributed by atoms with van der Waals surface area (Å²) in [6.07, 6.45) is 1.63. The van der Waals surface area contributed by atoms with Crippen LogP contribution in [0.25, 0.3) is 11.0 Å². The molecule has 0 aliphatic heterocycles. The molecule has 2 nitrogen and oxygen atoms in total. The van der Waals surface area contributed by atoms with Crippen LogP contribution in [0.15, 0.2) is 59.2 Å². The summed E-state index contributed by atoms with van der Waals surface area (Å²) in [7, 11) is 0. The Bertz CT molecular complexity index is 743. The highest BCUT2D eigenvalue weighted by Gasteiger charge is 2.13. The number of para-hydroxylation sites is 1. The van der Waals surface area contributed by atoms with Gasteiger partial charge in [-0.1, -0.05) is 30.3 Å². The number of rotatable bonds is 3. The summed E-state index contributed by atoms with van der Waals surface area (Å²) in [5.41, 5.74) is 1.89. The molecule has 0 bridgehead atoms. The molecule has 0 unspecified atom stereocenters. The molecule has 0 atom stereocenters. The van der Waals surface area contributed by atoms with Crippen LogP contribution in [0.4, 0.5) is 4.39 Å². The van der Waals surface area contributed by atoms with E-state index in [1.807, 2.05) is 24.3 Å². The smallest absolute Gasteiger partial charge is 0.171 e. The second kappa shape index (κ2) is 4.69. The van der Waals surface area contributed by atoms with Gasteiger partial charge in [-0.2, -0.15) is 0 Å². The molecule has 1 heterocycles. The first kappa shape index (κ1) is 11.7. The molecule has 19 heavy (non-hydrogen) atoms. The minimum atomic E-state index is -0.331. The maximum atomic E-state index is 13.1. The molecule has 0 amide bonds. The number of halogens is 1. The van der Waals surface area contributed by atoms with E-state index in [4.69, 9.17) is 4.42 Å². The van der Waals surface area contributed by atoms with E-state index in [9.17, 15) is 9.18 Å². The van der Waals surface area contributed by atoms with E-state index in [0.717, 1.165) is 5.39 Å². The number of Topliss-reactive ketones (excluding diaryl/α,β-unsaturated/α-hetero) is 1. The summed E-state index contributed by atoms with van der Waals surface area (Å²) >= 11 is 0. The lowest BCUT2D eigenvalue weighted by Gasteiger charge is -2.00. The van der Waals surface area contributed by atoms with Crippen molar-refractivity contribution in [2.75, 3.05) is 0 Å². The van der Waals surface area contributed by atoms with Crippen molar-refractivity contribution in [3.05, 3.63) is 71.7 Å². The second-order valence-electron chi connectivity index (χ2n) is 4.38. The van der Waals surface area contributed by atoms with Gasteiger partial charge in [-0.25, -0.2) is 4.39 Å². The number of hydrogen-bond acceptors (Lipinski definition) is 2. The normalized spacial score (nSPS) is 10.8. The fourth-order valence-electron chi connectivity index (χ4n) is 2.12. The Hall–Kier alpha value is -2.42. The van der Waals surface area contributed by atoms with Crippen molar-refractivity contribution in [3.63, 3.8) is 0 Å². The Morgan fingerprint density at radius 2 is 1.95 bits per heavy atom. The zero-order valence-electron chi connectivity index (χ0n) is 10.1. The van der Waals surface area contributed by atoms with Crippen molar-refractivity contribution >= 4 is 16.8 Å². The van der Waals surface area contributed by atoms with E-state index in [1.54, 1.807) is 12.1 Å². The SMILES string of the molecule is O=C(Cc1cccc(F)c1)c1coc2ccccc12. The third-order valence-electron chi connectivity index (χ3n) is 3.04. The number of hydrogen-bond donors (Lipinski definition) is 0. The first-order chi connectivity index (χ1) is 9.24. The molecule has 3 aromatic rings. The number of benzene rings is 2. The van der Waals surface area contributed by atoms with Crippen molar-refractivity contribution < 1.29 is 13.6 Å². The molecule has 2 aromatic carbocycles. The quantitative estimate of drug-likeness (QED) is 0.661. The van der Waals surface area contributed by atoms with Gasteiger partial charge in [0.05, 0.1) is 5.56 Å². The number of carbonyl (C=O) groups is 1. The van der Waals surface area contributed by atoms with E-state index in [1.165, 1.54) is 18.4 Å². The lowest BCUT2D eigenvalue weighted by atomic mass is 10.0. The summed E-state index contributed by atoms with van der Waals surface area (Å²) in [5, 5.41) is 0.795. The van der Waals surface area contributed by atoms with Crippen molar-refractivity contribution in [2.45, 2.75) is 6.42 Å². The van der Waals surface area contributed by atoms with E-state index < -0.39 is 0 Å². The van der Waals surface area contributed by atoms with Gasteiger partial charge in [0.1, 0.15) is 17.7 Å². The van der Waals surface area contributed by atoms with E-state index in [0.29, 0.717) is 16.7 Å². The van der Waals surface area contributed by atoms with Crippen LogP contribution in [-0.4, -0.2) is 5.78 Å². The van der Waals surface area contributed by atoms with Crippen LogP contribution >= 0.6 is 0 Å². The molecule has 0 fully saturated rings. The lowest BCUT2D eigenvalue weighted by Crippen LogP contribution is -2.02. The largest absolute Gasteiger partial charge is 0.464 e. The van der Waals surface area contributed by atoms with E-state index in [2.05, 4.69) is 0 Å². The third kappa shape index (κ3) is 2.27. The molecule has 94 valence electrons. The summed E-state index contributed by atoms with van der Waals surface area (Å²) in [6.45, 7) is 0. The predicted molar refractivity (Wildman–Crippen MR) is 70.6 cm³/mol. The van der Waals surface area contributed by atoms with E-state index >= 15 is 0 Å². The Morgan fingerprint density at radius 1 is 1.11 bits per heavy atom. The molecule has 0 saturated carbocycles. The highest BCUT2D eigenvalue weighted by molar-refractivity contribution is 6.07. The molecule has 3 rings (SSSR count). The highest BCUT2D eigenvalue weighted by Crippen LogP contribution is 2.22. The average Bonchev–Trinajstić information content (AvgIpc) is 2.82. The Kier molecular flexibility index (Phi) is 2.88. The topological polar surface area (TPSA) is 30.2 Å². The lowest BCUT2D eigenvalue weighted by molar-refractivity contribution is 0.0993. The van der Waals surface area contributed by atoms with Gasteiger partial charge in [0, 0.05) is 11.8 Å². The Labute approximate surface area is 109 Å². The molecule has 0 radical (unpaired) electrons. The van der Waals surface area contributed by atoms with Gasteiger partial charge in [0.15, 0.2) is 5.78 Å². The molecule has 0 aliphatic rings. The molecular formula is C16H11FO2. The van der Waals surface area contributed by atoms with Crippen molar-refractivity contribution in [3.8, 4) is 0 Å². The van der Waals surface area contributed by atoms with Gasteiger partial charge < -0.3 is 4.42 Å². The van der Waals surface area contributed by atoms with Gasteiger partial charge in [0.25, 0.3) is 0 Å². The van der Waals surface area contributed by atoms with Crippen molar-refractivity contribution in [2.24, 2.45) is 0 Å². The maximum Gasteiger partial charge on any atom is 0.171 e. The monoisotopic (exact) mass is 254 g/mol. The van der Waals surface area contributed by atoms with E-state index in [-0.39, 0.29) is 18.0 Å². The number of ketones is 1. The average molecular weight is 254 g/mol. The van der Waals surface area contributed by atoms with Crippen molar-refractivity contribution in [1.82, 2.24) is 0 Å². The molecular weight excluding hydrogens is 243 g/mol. The molecule has 0 N–H and O–H groups in total. The van der Waals surface area contributed by atoms with Gasteiger partial charge in [-0.3, -0.25) is 4.79 Å². The van der Waals surface area contributed by atoms with Crippen LogP contribution < -0.4 is 0 Å². The first-order valence-corrected chi connectivity index (χ1v) is 5.98. The zero-order valence-corrected chi connectivity index (χ0v) is 10.1. The van der Waals surface area contributed by atoms with Crippen LogP contribution in [0.1, 0.15) is 15.9 Å². The second-order valence-corrected chi connectivity index (χ2v) is 4.38. The molecule has 3 heteroatoms. The number of furan rings is 1. The minimum Gasteiger partial charge on any atom is -0.464 e. The zero-order chi connectivity index (χ0) is 13.2. The van der Waals surface area contributed by atoms with Crippen LogP contribution in [0.5, 0.6) is 0 Å². The first-order valence-electron chi connectivity index (χ1n) is 5.98. The summed E-state index contributed by atoms with van der Waals surface area (Å²) < 4.78 is 18.4. The third-order valence-corrected chi connectivity index (χ3v) is 3.04. The predicted octanol–water partition coefficient (Wildman–Crippen LogP) is 4.00. The summed E-state index contributed by atoms with van der Waals surface area (Å²) in [6, 6.07) is 13.4. The number of carbonyl (C=O) groups excluding carboxylic acids is 1. The number of fused-ring (bicyclic) bond motifs is 1. The van der Waals surface area contributed by atoms with Gasteiger partial charge >= 0.3 is 0 Å². The molecule has 1 aromatic heterocycles. The summed E-state index contributed by atoms with van der Waals surface area (Å²) in [5.74, 6) is -0.405. The van der Waals surface area contributed by atoms with Crippen LogP contribution in [0.3, 0.4) is 0 Å². The van der Waals surface area contributed by atoms with Crippen LogP contribution in [-0.2, 0) is 6.42 Å². The molecule has 0 aliphatic carbocycles. The fourth-order valence-corrected chi connectivity index (χ4v) is 2.12. The van der Waals surface area contributed by atoms with Crippen molar-refractivity contribution in [1.29, 1.82) is 0 Å². The highest BCUT2D eigenvalue weighted by atomic mass is 19.1. The van der Waals surface area contributed by atoms with Crippen LogP contribution in [0.2, 0.25) is 0 Å². The maximum absolute atomic E-state index is 13.1. The van der Waals surface area contributed by atoms with Gasteiger partial charge in [-0.05, 0) is 23.8 Å². The summed E-state index contributed by atoms with van der Waals surface area (Å²) in [4.78, 5) is 12.2.